The molecule has 1 heteroatoms. The van der Waals surface area contributed by atoms with E-state index >= 15 is 0 Å². The van der Waals surface area contributed by atoms with Gasteiger partial charge in [-0.15, -0.1) is 0 Å². The minimum Gasteiger partial charge on any atom is -0.391 e. The Kier molecular flexibility index (Phi) is 15.4. The van der Waals surface area contributed by atoms with Crippen LogP contribution in [0.4, 0.5) is 0 Å². The number of unbranched alkanes of at least 4 members (excludes halogenated alkanes) is 1. The van der Waals surface area contributed by atoms with E-state index in [9.17, 15) is 0 Å². The number of rotatable bonds is 5. The molecule has 0 heterocycles. The molecule has 0 saturated heterocycles. The number of allylic oxidation sites excluding steroid dienone is 1. The molecule has 0 aliphatic heterocycles. The quantitative estimate of drug-likeness (QED) is 0.665. The number of nitrogens with one attached hydrogen (secondary N) is 1. The lowest BCUT2D eigenvalue weighted by Gasteiger charge is -1.99. The zero-order valence-electron chi connectivity index (χ0n) is 9.41. The summed E-state index contributed by atoms with van der Waals surface area (Å²) < 4.78 is 0. The van der Waals surface area contributed by atoms with E-state index in [-0.39, 0.29) is 0 Å². The van der Waals surface area contributed by atoms with Crippen LogP contribution in [0.2, 0.25) is 0 Å². The van der Waals surface area contributed by atoms with Crippen molar-refractivity contribution in [3.8, 4) is 0 Å². The van der Waals surface area contributed by atoms with Crippen molar-refractivity contribution in [1.29, 1.82) is 0 Å². The van der Waals surface area contributed by atoms with Crippen LogP contribution in [0.15, 0.2) is 11.8 Å². The van der Waals surface area contributed by atoms with E-state index in [2.05, 4.69) is 32.3 Å². The van der Waals surface area contributed by atoms with Crippen LogP contribution in [0.5, 0.6) is 0 Å². The lowest BCUT2D eigenvalue weighted by atomic mass is 10.1. The van der Waals surface area contributed by atoms with Crippen LogP contribution >= 0.6 is 0 Å². The standard InChI is InChI=1S/C9H19N.C2H6/c1-4-6-7-9(3)8-10-5-2;1-2/h8,10H,4-7H2,1-3H3;1-2H3/b9-8-;. The predicted molar refractivity (Wildman–Crippen MR) is 58.3 cm³/mol. The summed E-state index contributed by atoms with van der Waals surface area (Å²) >= 11 is 0. The second kappa shape index (κ2) is 13.2. The summed E-state index contributed by atoms with van der Waals surface area (Å²) in [5.74, 6) is 0. The van der Waals surface area contributed by atoms with Gasteiger partial charge in [0.2, 0.25) is 0 Å². The van der Waals surface area contributed by atoms with Crippen molar-refractivity contribution in [2.24, 2.45) is 0 Å². The normalized spacial score (nSPS) is 10.2. The van der Waals surface area contributed by atoms with E-state index in [1.165, 1.54) is 24.8 Å². The van der Waals surface area contributed by atoms with Gasteiger partial charge in [0.15, 0.2) is 0 Å². The molecule has 1 N–H and O–H groups in total. The summed E-state index contributed by atoms with van der Waals surface area (Å²) in [6.45, 7) is 11.5. The summed E-state index contributed by atoms with van der Waals surface area (Å²) in [4.78, 5) is 0. The summed E-state index contributed by atoms with van der Waals surface area (Å²) in [5, 5.41) is 3.19. The van der Waals surface area contributed by atoms with Gasteiger partial charge < -0.3 is 5.32 Å². The SMILES string of the molecule is CC.CCCC/C(C)=C\NCC. The van der Waals surface area contributed by atoms with E-state index in [4.69, 9.17) is 0 Å². The zero-order chi connectivity index (χ0) is 9.82. The van der Waals surface area contributed by atoms with Gasteiger partial charge in [-0.05, 0) is 32.9 Å². The molecule has 0 saturated carbocycles. The molecule has 0 unspecified atom stereocenters. The van der Waals surface area contributed by atoms with Gasteiger partial charge in [0.25, 0.3) is 0 Å². The Hall–Kier alpha value is -0.460. The highest BCUT2D eigenvalue weighted by Gasteiger charge is 1.86. The van der Waals surface area contributed by atoms with Gasteiger partial charge in [-0.3, -0.25) is 0 Å². The van der Waals surface area contributed by atoms with Gasteiger partial charge in [0, 0.05) is 6.54 Å². The Balaban J connectivity index is 0. The number of hydrogen-bond acceptors (Lipinski definition) is 1. The summed E-state index contributed by atoms with van der Waals surface area (Å²) in [7, 11) is 0. The molecule has 0 aromatic heterocycles. The fourth-order valence-electron chi connectivity index (χ4n) is 0.804. The van der Waals surface area contributed by atoms with Gasteiger partial charge in [-0.1, -0.05) is 32.8 Å². The van der Waals surface area contributed by atoms with Crippen molar-refractivity contribution in [3.63, 3.8) is 0 Å². The third-order valence-corrected chi connectivity index (χ3v) is 1.48. The lowest BCUT2D eigenvalue weighted by Crippen LogP contribution is -2.03. The first kappa shape index (κ1) is 14.1. The van der Waals surface area contributed by atoms with Crippen LogP contribution in [-0.4, -0.2) is 6.54 Å². The second-order valence-electron chi connectivity index (χ2n) is 2.65. The summed E-state index contributed by atoms with van der Waals surface area (Å²) in [5.41, 5.74) is 1.46. The van der Waals surface area contributed by atoms with Gasteiger partial charge in [0.1, 0.15) is 0 Å². The van der Waals surface area contributed by atoms with Crippen molar-refractivity contribution in [2.75, 3.05) is 6.54 Å². The molecule has 12 heavy (non-hydrogen) atoms. The third-order valence-electron chi connectivity index (χ3n) is 1.48. The molecule has 1 nitrogen and oxygen atoms in total. The Morgan fingerprint density at radius 1 is 1.25 bits per heavy atom. The predicted octanol–water partition coefficient (Wildman–Crippen LogP) is 3.72. The Labute approximate surface area is 78.3 Å². The second-order valence-corrected chi connectivity index (χ2v) is 2.65. The average Bonchev–Trinajstić information content (AvgIpc) is 2.14. The van der Waals surface area contributed by atoms with Gasteiger partial charge in [-0.25, -0.2) is 0 Å². The first-order valence-electron chi connectivity index (χ1n) is 5.20. The van der Waals surface area contributed by atoms with Crippen molar-refractivity contribution in [2.45, 2.75) is 53.9 Å². The van der Waals surface area contributed by atoms with Crippen molar-refractivity contribution in [3.05, 3.63) is 11.8 Å². The first-order chi connectivity index (χ1) is 5.81. The highest BCUT2D eigenvalue weighted by atomic mass is 14.8. The smallest absolute Gasteiger partial charge is 0.0113 e. The molecule has 0 aromatic rings. The van der Waals surface area contributed by atoms with E-state index in [0.29, 0.717) is 0 Å². The van der Waals surface area contributed by atoms with Crippen LogP contribution in [-0.2, 0) is 0 Å². The fourth-order valence-corrected chi connectivity index (χ4v) is 0.804. The maximum atomic E-state index is 3.19. The summed E-state index contributed by atoms with van der Waals surface area (Å²) in [6, 6.07) is 0. The highest BCUT2D eigenvalue weighted by Crippen LogP contribution is 2.03. The lowest BCUT2D eigenvalue weighted by molar-refractivity contribution is 0.775. The topological polar surface area (TPSA) is 12.0 Å². The molecule has 0 aliphatic rings. The molecule has 0 amide bonds. The molecule has 0 aromatic carbocycles. The molecule has 0 rings (SSSR count). The van der Waals surface area contributed by atoms with E-state index < -0.39 is 0 Å². The minimum atomic E-state index is 1.03. The Morgan fingerprint density at radius 3 is 2.25 bits per heavy atom. The Morgan fingerprint density at radius 2 is 1.83 bits per heavy atom. The number of hydrogen-bond donors (Lipinski definition) is 1. The van der Waals surface area contributed by atoms with Crippen LogP contribution < -0.4 is 5.32 Å². The van der Waals surface area contributed by atoms with E-state index in [1.54, 1.807) is 0 Å². The van der Waals surface area contributed by atoms with Crippen LogP contribution in [0.3, 0.4) is 0 Å². The maximum Gasteiger partial charge on any atom is 0.0113 e. The minimum absolute atomic E-state index is 1.03. The summed E-state index contributed by atoms with van der Waals surface area (Å²) in [6.07, 6.45) is 5.96. The molecular weight excluding hydrogens is 146 g/mol. The zero-order valence-corrected chi connectivity index (χ0v) is 9.41. The van der Waals surface area contributed by atoms with Crippen LogP contribution in [0, 0.1) is 0 Å². The van der Waals surface area contributed by atoms with Crippen molar-refractivity contribution >= 4 is 0 Å². The maximum absolute atomic E-state index is 3.19. The fraction of sp³-hybridized carbons (Fsp3) is 0.818. The largest absolute Gasteiger partial charge is 0.391 e. The third kappa shape index (κ3) is 12.2. The molecule has 0 bridgehead atoms. The van der Waals surface area contributed by atoms with Crippen LogP contribution in [0.1, 0.15) is 53.9 Å². The average molecular weight is 171 g/mol. The Bertz CT molecular complexity index is 95.2. The molecule has 74 valence electrons. The van der Waals surface area contributed by atoms with Crippen LogP contribution in [0.25, 0.3) is 0 Å². The van der Waals surface area contributed by atoms with Crippen molar-refractivity contribution < 1.29 is 0 Å². The molecule has 0 radical (unpaired) electrons. The first-order valence-corrected chi connectivity index (χ1v) is 5.20. The molecule has 0 atom stereocenters. The van der Waals surface area contributed by atoms with Gasteiger partial charge in [0.05, 0.1) is 0 Å². The monoisotopic (exact) mass is 171 g/mol. The van der Waals surface area contributed by atoms with E-state index in [1.807, 2.05) is 13.8 Å². The molecule has 0 aliphatic carbocycles. The van der Waals surface area contributed by atoms with Crippen molar-refractivity contribution in [1.82, 2.24) is 5.32 Å². The highest BCUT2D eigenvalue weighted by molar-refractivity contribution is 4.95. The van der Waals surface area contributed by atoms with Gasteiger partial charge in [-0.2, -0.15) is 0 Å². The molecular formula is C11H25N. The molecule has 0 spiro atoms. The van der Waals surface area contributed by atoms with E-state index in [0.717, 1.165) is 6.54 Å². The van der Waals surface area contributed by atoms with Gasteiger partial charge >= 0.3 is 0 Å². The molecule has 0 fully saturated rings.